The first kappa shape index (κ1) is 11.7. The molecule has 0 unspecified atom stereocenters. The number of hydrogen-bond acceptors (Lipinski definition) is 1. The van der Waals surface area contributed by atoms with Crippen LogP contribution in [0.3, 0.4) is 0 Å². The van der Waals surface area contributed by atoms with E-state index in [9.17, 15) is 13.6 Å². The topological polar surface area (TPSA) is 29.1 Å². The van der Waals surface area contributed by atoms with Crippen LogP contribution in [0.15, 0.2) is 16.6 Å². The van der Waals surface area contributed by atoms with Crippen LogP contribution in [-0.4, -0.2) is 5.91 Å². The lowest BCUT2D eigenvalue weighted by Crippen LogP contribution is -2.11. The van der Waals surface area contributed by atoms with E-state index in [2.05, 4.69) is 27.8 Å². The summed E-state index contributed by atoms with van der Waals surface area (Å²) < 4.78 is 26.6. The van der Waals surface area contributed by atoms with E-state index in [1.807, 2.05) is 5.32 Å². The number of nitrogens with one attached hydrogen (secondary N) is 1. The summed E-state index contributed by atoms with van der Waals surface area (Å²) in [5.74, 6) is 1.98. The second-order valence-electron chi connectivity index (χ2n) is 2.57. The fourth-order valence-electron chi connectivity index (χ4n) is 0.920. The summed E-state index contributed by atoms with van der Waals surface area (Å²) in [4.78, 5) is 11.0. The molecule has 0 bridgehead atoms. The van der Waals surface area contributed by atoms with Crippen molar-refractivity contribution in [1.29, 1.82) is 0 Å². The number of amides is 1. The van der Waals surface area contributed by atoms with Gasteiger partial charge in [-0.1, -0.05) is 21.9 Å². The number of anilines is 1. The van der Waals surface area contributed by atoms with Crippen molar-refractivity contribution in [3.05, 3.63) is 28.2 Å². The zero-order chi connectivity index (χ0) is 11.4. The van der Waals surface area contributed by atoms with Gasteiger partial charge in [-0.25, -0.2) is 8.78 Å². The Bertz CT molecular complexity index is 439. The second kappa shape index (κ2) is 4.89. The number of hydrogen-bond donors (Lipinski definition) is 1. The van der Waals surface area contributed by atoms with Gasteiger partial charge in [0.05, 0.1) is 0 Å². The molecule has 2 nitrogen and oxygen atoms in total. The zero-order valence-electron chi connectivity index (χ0n) is 7.70. The predicted molar refractivity (Wildman–Crippen MR) is 56.1 cm³/mol. The number of benzene rings is 1. The van der Waals surface area contributed by atoms with Crippen LogP contribution in [0.4, 0.5) is 14.5 Å². The molecule has 1 N–H and O–H groups in total. The van der Waals surface area contributed by atoms with E-state index < -0.39 is 23.2 Å². The molecule has 1 rings (SSSR count). The van der Waals surface area contributed by atoms with Gasteiger partial charge in [0, 0.05) is 4.47 Å². The van der Waals surface area contributed by atoms with Crippen LogP contribution in [-0.2, 0) is 4.79 Å². The van der Waals surface area contributed by atoms with E-state index in [0.29, 0.717) is 0 Å². The Morgan fingerprint density at radius 2 is 1.93 bits per heavy atom. The van der Waals surface area contributed by atoms with Crippen molar-refractivity contribution >= 4 is 27.5 Å². The maximum absolute atomic E-state index is 13.2. The van der Waals surface area contributed by atoms with Crippen molar-refractivity contribution in [2.75, 3.05) is 5.32 Å². The third kappa shape index (κ3) is 3.03. The van der Waals surface area contributed by atoms with Crippen LogP contribution in [0.25, 0.3) is 0 Å². The van der Waals surface area contributed by atoms with Crippen molar-refractivity contribution in [1.82, 2.24) is 0 Å². The second-order valence-corrected chi connectivity index (χ2v) is 3.49. The van der Waals surface area contributed by atoms with E-state index in [0.717, 1.165) is 12.1 Å². The minimum atomic E-state index is -0.854. The van der Waals surface area contributed by atoms with Crippen molar-refractivity contribution in [2.24, 2.45) is 0 Å². The zero-order valence-corrected chi connectivity index (χ0v) is 9.28. The molecule has 0 aliphatic carbocycles. The summed E-state index contributed by atoms with van der Waals surface area (Å²) in [6, 6.07) is 2.11. The lowest BCUT2D eigenvalue weighted by Gasteiger charge is -2.04. The molecule has 0 saturated heterocycles. The summed E-state index contributed by atoms with van der Waals surface area (Å²) in [5, 5.41) is 2.02. The number of halogens is 3. The van der Waals surface area contributed by atoms with Gasteiger partial charge in [-0.3, -0.25) is 4.79 Å². The Morgan fingerprint density at radius 1 is 1.40 bits per heavy atom. The summed E-state index contributed by atoms with van der Waals surface area (Å²) in [7, 11) is 0. The smallest absolute Gasteiger partial charge is 0.300 e. The quantitative estimate of drug-likeness (QED) is 0.784. The van der Waals surface area contributed by atoms with E-state index in [1.54, 1.807) is 0 Å². The van der Waals surface area contributed by atoms with Crippen molar-refractivity contribution < 1.29 is 13.6 Å². The first-order valence-electron chi connectivity index (χ1n) is 3.93. The van der Waals surface area contributed by atoms with E-state index in [-0.39, 0.29) is 4.47 Å². The fraction of sp³-hybridized carbons (Fsp3) is 0.100. The van der Waals surface area contributed by atoms with Crippen LogP contribution in [0.5, 0.6) is 0 Å². The van der Waals surface area contributed by atoms with Crippen LogP contribution in [0.1, 0.15) is 6.92 Å². The summed E-state index contributed by atoms with van der Waals surface area (Å²) in [6.07, 6.45) is 0. The molecule has 1 aromatic rings. The van der Waals surface area contributed by atoms with E-state index in [1.165, 1.54) is 6.92 Å². The molecule has 0 atom stereocenters. The van der Waals surface area contributed by atoms with Crippen LogP contribution in [0.2, 0.25) is 0 Å². The Labute approximate surface area is 93.8 Å². The summed E-state index contributed by atoms with van der Waals surface area (Å²) >= 11 is 2.92. The maximum atomic E-state index is 13.2. The molecule has 0 aliphatic rings. The average molecular weight is 274 g/mol. The summed E-state index contributed by atoms with van der Waals surface area (Å²) in [6.45, 7) is 1.45. The normalized spacial score (nSPS) is 9.07. The maximum Gasteiger partial charge on any atom is 0.300 e. The number of rotatable bonds is 1. The molecule has 15 heavy (non-hydrogen) atoms. The Balaban J connectivity index is 3.03. The van der Waals surface area contributed by atoms with Gasteiger partial charge >= 0.3 is 0 Å². The molecule has 1 amide bonds. The molecule has 0 saturated carbocycles. The molecule has 0 fully saturated rings. The lowest BCUT2D eigenvalue weighted by molar-refractivity contribution is -0.111. The van der Waals surface area contributed by atoms with Crippen LogP contribution in [0, 0.1) is 23.5 Å². The average Bonchev–Trinajstić information content (AvgIpc) is 2.11. The monoisotopic (exact) mass is 273 g/mol. The standard InChI is InChI=1S/C10H6BrF2NO/c1-2-3-9(15)14-10-7(12)4-6(11)5-8(10)13/h4-5H,1H3,(H,14,15). The molecule has 0 heterocycles. The highest BCUT2D eigenvalue weighted by Crippen LogP contribution is 2.23. The third-order valence-corrected chi connectivity index (χ3v) is 1.94. The van der Waals surface area contributed by atoms with Crippen molar-refractivity contribution in [3.63, 3.8) is 0 Å². The number of carbonyl (C=O) groups excluding carboxylic acids is 1. The molecule has 0 spiro atoms. The Kier molecular flexibility index (Phi) is 3.81. The molecule has 0 aliphatic heterocycles. The SMILES string of the molecule is CC#CC(=O)Nc1c(F)cc(Br)cc1F. The van der Waals surface area contributed by atoms with Gasteiger partial charge in [0.2, 0.25) is 0 Å². The summed E-state index contributed by atoms with van der Waals surface area (Å²) in [5.41, 5.74) is -0.494. The molecule has 5 heteroatoms. The predicted octanol–water partition coefficient (Wildman–Crippen LogP) is 2.69. The molecule has 78 valence electrons. The highest BCUT2D eigenvalue weighted by Gasteiger charge is 2.12. The Hall–Kier alpha value is -1.41. The largest absolute Gasteiger partial charge is 0.310 e. The van der Waals surface area contributed by atoms with E-state index in [4.69, 9.17) is 0 Å². The Morgan fingerprint density at radius 3 is 2.40 bits per heavy atom. The first-order chi connectivity index (χ1) is 7.04. The van der Waals surface area contributed by atoms with Gasteiger partial charge in [0.25, 0.3) is 5.91 Å². The third-order valence-electron chi connectivity index (χ3n) is 1.48. The minimum absolute atomic E-state index is 0.261. The highest BCUT2D eigenvalue weighted by atomic mass is 79.9. The van der Waals surface area contributed by atoms with Crippen LogP contribution < -0.4 is 5.32 Å². The lowest BCUT2D eigenvalue weighted by atomic mass is 10.3. The molecule has 1 aromatic carbocycles. The molecule has 0 aromatic heterocycles. The molecule has 0 radical (unpaired) electrons. The van der Waals surface area contributed by atoms with Gasteiger partial charge in [-0.2, -0.15) is 0 Å². The van der Waals surface area contributed by atoms with E-state index >= 15 is 0 Å². The molecular weight excluding hydrogens is 268 g/mol. The van der Waals surface area contributed by atoms with Gasteiger partial charge in [-0.05, 0) is 25.0 Å². The van der Waals surface area contributed by atoms with Gasteiger partial charge in [0.15, 0.2) is 11.6 Å². The highest BCUT2D eigenvalue weighted by molar-refractivity contribution is 9.10. The van der Waals surface area contributed by atoms with Gasteiger partial charge in [-0.15, -0.1) is 0 Å². The van der Waals surface area contributed by atoms with Crippen LogP contribution >= 0.6 is 15.9 Å². The fourth-order valence-corrected chi connectivity index (χ4v) is 1.32. The van der Waals surface area contributed by atoms with Gasteiger partial charge < -0.3 is 5.32 Å². The number of carbonyl (C=O) groups is 1. The van der Waals surface area contributed by atoms with Crippen molar-refractivity contribution in [3.8, 4) is 11.8 Å². The molecular formula is C10H6BrF2NO. The minimum Gasteiger partial charge on any atom is -0.310 e. The van der Waals surface area contributed by atoms with Gasteiger partial charge in [0.1, 0.15) is 5.69 Å². The van der Waals surface area contributed by atoms with Crippen molar-refractivity contribution in [2.45, 2.75) is 6.92 Å². The first-order valence-corrected chi connectivity index (χ1v) is 4.72.